The molecule has 0 bridgehead atoms. The van der Waals surface area contributed by atoms with Gasteiger partial charge in [0.1, 0.15) is 5.75 Å². The number of allylic oxidation sites excluding steroid dienone is 1. The van der Waals surface area contributed by atoms with Crippen LogP contribution in [0.5, 0.6) is 5.75 Å². The summed E-state index contributed by atoms with van der Waals surface area (Å²) in [6, 6.07) is 13.4. The lowest BCUT2D eigenvalue weighted by molar-refractivity contribution is 0.244. The van der Waals surface area contributed by atoms with Gasteiger partial charge in [-0.15, -0.1) is 0 Å². The van der Waals surface area contributed by atoms with Crippen LogP contribution in [0, 0.1) is 12.8 Å². The zero-order valence-corrected chi connectivity index (χ0v) is 18.0. The van der Waals surface area contributed by atoms with Crippen molar-refractivity contribution < 1.29 is 4.74 Å². The molecule has 2 aromatic carbocycles. The predicted molar refractivity (Wildman–Crippen MR) is 120 cm³/mol. The molecule has 1 N–H and O–H groups in total. The molecule has 1 fully saturated rings. The highest BCUT2D eigenvalue weighted by atomic mass is 16.5. The smallest absolute Gasteiger partial charge is 0.122 e. The predicted octanol–water partition coefficient (Wildman–Crippen LogP) is 5.36. The van der Waals surface area contributed by atoms with Gasteiger partial charge in [-0.1, -0.05) is 49.8 Å². The maximum Gasteiger partial charge on any atom is 0.122 e. The van der Waals surface area contributed by atoms with Crippen LogP contribution in [0.15, 0.2) is 48.7 Å². The van der Waals surface area contributed by atoms with Gasteiger partial charge in [0, 0.05) is 31.9 Å². The van der Waals surface area contributed by atoms with Crippen molar-refractivity contribution >= 4 is 0 Å². The first-order valence-corrected chi connectivity index (χ1v) is 11.0. The minimum absolute atomic E-state index is 0.844. The molecule has 1 heterocycles. The fourth-order valence-electron chi connectivity index (χ4n) is 4.18. The summed E-state index contributed by atoms with van der Waals surface area (Å²) >= 11 is 0. The summed E-state index contributed by atoms with van der Waals surface area (Å²) in [4.78, 5) is 2.55. The Morgan fingerprint density at radius 2 is 1.90 bits per heavy atom. The first-order valence-electron chi connectivity index (χ1n) is 11.0. The van der Waals surface area contributed by atoms with Crippen molar-refractivity contribution in [1.29, 1.82) is 0 Å². The average Bonchev–Trinajstić information content (AvgIpc) is 3.54. The van der Waals surface area contributed by atoms with Crippen LogP contribution >= 0.6 is 0 Å². The minimum atomic E-state index is 0.844. The van der Waals surface area contributed by atoms with Gasteiger partial charge in [-0.05, 0) is 66.5 Å². The second-order valence-electron chi connectivity index (χ2n) is 8.82. The van der Waals surface area contributed by atoms with Gasteiger partial charge in [0.15, 0.2) is 0 Å². The first kappa shape index (κ1) is 20.0. The molecule has 0 radical (unpaired) electrons. The number of fused-ring (bicyclic) bond motifs is 1. The van der Waals surface area contributed by atoms with Gasteiger partial charge in [-0.25, -0.2) is 0 Å². The van der Waals surface area contributed by atoms with Gasteiger partial charge < -0.3 is 10.1 Å². The molecule has 2 aliphatic rings. The molecule has 3 nitrogen and oxygen atoms in total. The van der Waals surface area contributed by atoms with Crippen molar-refractivity contribution in [2.45, 2.75) is 59.2 Å². The molecule has 1 saturated carbocycles. The van der Waals surface area contributed by atoms with E-state index in [9.17, 15) is 0 Å². The zero-order chi connectivity index (χ0) is 20.2. The van der Waals surface area contributed by atoms with E-state index in [1.54, 1.807) is 0 Å². The highest BCUT2D eigenvalue weighted by Gasteiger charge is 2.22. The molecule has 1 aliphatic carbocycles. The largest absolute Gasteiger partial charge is 0.493 e. The lowest BCUT2D eigenvalue weighted by Crippen LogP contribution is -2.30. The summed E-state index contributed by atoms with van der Waals surface area (Å²) in [5.41, 5.74) is 8.01. The van der Waals surface area contributed by atoms with E-state index < -0.39 is 0 Å². The van der Waals surface area contributed by atoms with Crippen LogP contribution in [0.2, 0.25) is 0 Å². The van der Waals surface area contributed by atoms with E-state index in [1.807, 2.05) is 6.92 Å². The minimum Gasteiger partial charge on any atom is -0.493 e. The third-order valence-electron chi connectivity index (χ3n) is 6.22. The number of ether oxygens (including phenoxy) is 1. The topological polar surface area (TPSA) is 24.5 Å². The molecule has 3 heteroatoms. The molecule has 0 saturated heterocycles. The van der Waals surface area contributed by atoms with E-state index in [-0.39, 0.29) is 0 Å². The summed E-state index contributed by atoms with van der Waals surface area (Å²) in [6.07, 6.45) is 5.13. The van der Waals surface area contributed by atoms with Gasteiger partial charge in [-0.2, -0.15) is 0 Å². The van der Waals surface area contributed by atoms with Gasteiger partial charge in [-0.3, -0.25) is 4.90 Å². The van der Waals surface area contributed by atoms with Gasteiger partial charge in [0.25, 0.3) is 0 Å². The molecule has 0 spiro atoms. The molecule has 0 aromatic heterocycles. The molecule has 0 amide bonds. The Kier molecular flexibility index (Phi) is 6.25. The van der Waals surface area contributed by atoms with Crippen molar-refractivity contribution in [2.24, 2.45) is 5.92 Å². The summed E-state index contributed by atoms with van der Waals surface area (Å²) in [5, 5.41) is 3.29. The van der Waals surface area contributed by atoms with Crippen LogP contribution in [0.3, 0.4) is 0 Å². The molecular weight excluding hydrogens is 356 g/mol. The number of hydrogen-bond acceptors (Lipinski definition) is 3. The lowest BCUT2D eigenvalue weighted by atomic mass is 9.94. The van der Waals surface area contributed by atoms with Crippen LogP contribution < -0.4 is 10.1 Å². The fraction of sp³-hybridized carbons (Fsp3) is 0.462. The first-order chi connectivity index (χ1) is 14.1. The molecule has 29 heavy (non-hydrogen) atoms. The maximum absolute atomic E-state index is 6.10. The Hall–Kier alpha value is -2.26. The highest BCUT2D eigenvalue weighted by Crippen LogP contribution is 2.33. The van der Waals surface area contributed by atoms with E-state index in [0.717, 1.165) is 56.6 Å². The second kappa shape index (κ2) is 9.04. The number of benzene rings is 2. The second-order valence-corrected chi connectivity index (χ2v) is 8.82. The Bertz CT molecular complexity index is 852. The highest BCUT2D eigenvalue weighted by molar-refractivity contribution is 5.45. The van der Waals surface area contributed by atoms with Crippen molar-refractivity contribution in [1.82, 2.24) is 10.2 Å². The third-order valence-corrected chi connectivity index (χ3v) is 6.22. The number of nitrogens with zero attached hydrogens (tertiary/aromatic N) is 1. The van der Waals surface area contributed by atoms with Crippen molar-refractivity contribution in [2.75, 3.05) is 13.2 Å². The van der Waals surface area contributed by atoms with E-state index in [4.69, 9.17) is 4.74 Å². The van der Waals surface area contributed by atoms with Crippen LogP contribution in [0.4, 0.5) is 0 Å². The normalized spacial score (nSPS) is 16.3. The van der Waals surface area contributed by atoms with Crippen molar-refractivity contribution in [3.05, 3.63) is 76.5 Å². The van der Waals surface area contributed by atoms with Crippen LogP contribution in [-0.2, 0) is 26.1 Å². The van der Waals surface area contributed by atoms with E-state index >= 15 is 0 Å². The Labute approximate surface area is 175 Å². The van der Waals surface area contributed by atoms with Crippen LogP contribution in [0.1, 0.15) is 54.0 Å². The summed E-state index contributed by atoms with van der Waals surface area (Å²) in [7, 11) is 0. The number of nitrogens with one attached hydrogen (secondary N) is 1. The average molecular weight is 391 g/mol. The van der Waals surface area contributed by atoms with Crippen LogP contribution in [-0.4, -0.2) is 18.1 Å². The van der Waals surface area contributed by atoms with Crippen LogP contribution in [0.25, 0.3) is 0 Å². The quantitative estimate of drug-likeness (QED) is 0.624. The zero-order valence-electron chi connectivity index (χ0n) is 18.0. The fourth-order valence-corrected chi connectivity index (χ4v) is 4.18. The molecule has 154 valence electrons. The molecule has 2 aromatic rings. The van der Waals surface area contributed by atoms with Gasteiger partial charge in [0.2, 0.25) is 0 Å². The molecule has 4 rings (SSSR count). The van der Waals surface area contributed by atoms with Crippen molar-refractivity contribution in [3.8, 4) is 5.75 Å². The number of hydrogen-bond donors (Lipinski definition) is 1. The van der Waals surface area contributed by atoms with E-state index in [0.29, 0.717) is 0 Å². The summed E-state index contributed by atoms with van der Waals surface area (Å²) in [5.74, 6) is 2.02. The monoisotopic (exact) mass is 390 g/mol. The standard InChI is InChI=1S/C26H34N2O/c1-19(2)27-16-22-6-8-23(9-7-22)17-28-14-12-25-20(3)26(11-10-24(25)18-28)29-15-13-21-4-5-21/h6-11,21,27H,1,4-5,12-18H2,2-3H3. The van der Waals surface area contributed by atoms with E-state index in [1.165, 1.54) is 47.1 Å². The lowest BCUT2D eigenvalue weighted by Gasteiger charge is -2.30. The third kappa shape index (κ3) is 5.42. The Morgan fingerprint density at radius 3 is 2.62 bits per heavy atom. The molecule has 1 aliphatic heterocycles. The van der Waals surface area contributed by atoms with Gasteiger partial charge >= 0.3 is 0 Å². The number of rotatable bonds is 9. The van der Waals surface area contributed by atoms with Crippen molar-refractivity contribution in [3.63, 3.8) is 0 Å². The van der Waals surface area contributed by atoms with Gasteiger partial charge in [0.05, 0.1) is 6.61 Å². The SMILES string of the molecule is C=C(C)NCc1ccc(CN2CCc3c(ccc(OCCC4CC4)c3C)C2)cc1. The Morgan fingerprint density at radius 1 is 1.14 bits per heavy atom. The summed E-state index contributed by atoms with van der Waals surface area (Å²) < 4.78 is 6.10. The summed E-state index contributed by atoms with van der Waals surface area (Å²) in [6.45, 7) is 13.0. The molecule has 0 atom stereocenters. The van der Waals surface area contributed by atoms with E-state index in [2.05, 4.69) is 60.1 Å². The maximum atomic E-state index is 6.10. The molecule has 0 unspecified atom stereocenters. The molecular formula is C26H34N2O. The Balaban J connectivity index is 1.33.